The predicted molar refractivity (Wildman–Crippen MR) is 116 cm³/mol. The number of amides is 2. The van der Waals surface area contributed by atoms with Crippen molar-refractivity contribution in [2.75, 3.05) is 30.0 Å². The van der Waals surface area contributed by atoms with E-state index in [1.807, 2.05) is 42.5 Å². The molecule has 3 aromatic rings. The van der Waals surface area contributed by atoms with Crippen LogP contribution in [0.1, 0.15) is 0 Å². The molecule has 0 fully saturated rings. The van der Waals surface area contributed by atoms with E-state index in [4.69, 9.17) is 9.47 Å². The van der Waals surface area contributed by atoms with Crippen molar-refractivity contribution in [3.63, 3.8) is 0 Å². The van der Waals surface area contributed by atoms with E-state index >= 15 is 0 Å². The van der Waals surface area contributed by atoms with Gasteiger partial charge >= 0.3 is 5.97 Å². The average molecular weight is 416 g/mol. The first-order valence-corrected chi connectivity index (χ1v) is 9.73. The monoisotopic (exact) mass is 416 g/mol. The van der Waals surface area contributed by atoms with Crippen molar-refractivity contribution in [2.24, 2.45) is 0 Å². The Bertz CT molecular complexity index is 1100. The van der Waals surface area contributed by atoms with Crippen molar-refractivity contribution in [3.05, 3.63) is 78.9 Å². The Balaban J connectivity index is 1.28. The Morgan fingerprint density at radius 3 is 2.29 bits per heavy atom. The molecule has 3 aromatic carbocycles. The molecule has 1 heterocycles. The lowest BCUT2D eigenvalue weighted by atomic mass is 10.1. The lowest BCUT2D eigenvalue weighted by Gasteiger charge is -2.28. The number of fused-ring (bicyclic) bond motifs is 1. The van der Waals surface area contributed by atoms with Crippen LogP contribution in [-0.2, 0) is 19.1 Å². The number of anilines is 2. The Labute approximate surface area is 179 Å². The largest absolute Gasteiger partial charge is 0.482 e. The topological polar surface area (TPSA) is 84.9 Å². The predicted octanol–water partition coefficient (Wildman–Crippen LogP) is 3.26. The van der Waals surface area contributed by atoms with Crippen LogP contribution in [0.25, 0.3) is 11.1 Å². The molecule has 0 saturated carbocycles. The van der Waals surface area contributed by atoms with Gasteiger partial charge in [-0.25, -0.2) is 4.79 Å². The van der Waals surface area contributed by atoms with Crippen molar-refractivity contribution in [3.8, 4) is 16.9 Å². The third-order valence-electron chi connectivity index (χ3n) is 4.75. The van der Waals surface area contributed by atoms with Crippen LogP contribution < -0.4 is 15.0 Å². The van der Waals surface area contributed by atoms with Crippen LogP contribution >= 0.6 is 0 Å². The molecule has 7 heteroatoms. The smallest absolute Gasteiger partial charge is 0.344 e. The number of carbonyl (C=O) groups excluding carboxylic acids is 3. The van der Waals surface area contributed by atoms with Crippen molar-refractivity contribution < 1.29 is 23.9 Å². The van der Waals surface area contributed by atoms with Gasteiger partial charge < -0.3 is 14.8 Å². The summed E-state index contributed by atoms with van der Waals surface area (Å²) in [6.45, 7) is -0.927. The number of esters is 1. The number of benzene rings is 3. The number of ether oxygens (including phenoxy) is 2. The van der Waals surface area contributed by atoms with E-state index in [1.54, 1.807) is 36.4 Å². The van der Waals surface area contributed by atoms with Crippen molar-refractivity contribution in [1.29, 1.82) is 0 Å². The zero-order chi connectivity index (χ0) is 21.6. The fraction of sp³-hybridized carbons (Fsp3) is 0.125. The molecule has 1 aliphatic rings. The summed E-state index contributed by atoms with van der Waals surface area (Å²) >= 11 is 0. The highest BCUT2D eigenvalue weighted by atomic mass is 16.6. The van der Waals surface area contributed by atoms with Crippen LogP contribution in [0.2, 0.25) is 0 Å². The van der Waals surface area contributed by atoms with Crippen molar-refractivity contribution in [2.45, 2.75) is 0 Å². The second-order valence-corrected chi connectivity index (χ2v) is 6.88. The third kappa shape index (κ3) is 4.90. The van der Waals surface area contributed by atoms with E-state index in [1.165, 1.54) is 4.90 Å². The molecule has 7 nitrogen and oxygen atoms in total. The summed E-state index contributed by atoms with van der Waals surface area (Å²) < 4.78 is 10.5. The first-order valence-electron chi connectivity index (χ1n) is 9.73. The minimum atomic E-state index is -0.671. The number of rotatable bonds is 6. The summed E-state index contributed by atoms with van der Waals surface area (Å²) in [4.78, 5) is 37.6. The van der Waals surface area contributed by atoms with E-state index in [2.05, 4.69) is 5.32 Å². The van der Waals surface area contributed by atoms with E-state index < -0.39 is 18.5 Å². The molecule has 2 amide bonds. The van der Waals surface area contributed by atoms with Crippen LogP contribution in [0.15, 0.2) is 78.9 Å². The van der Waals surface area contributed by atoms with E-state index in [0.29, 0.717) is 17.1 Å². The highest BCUT2D eigenvalue weighted by Crippen LogP contribution is 2.28. The van der Waals surface area contributed by atoms with Crippen LogP contribution in [0, 0.1) is 0 Å². The fourth-order valence-corrected chi connectivity index (χ4v) is 3.23. The molecule has 0 saturated heterocycles. The Morgan fingerprint density at radius 2 is 1.52 bits per heavy atom. The second kappa shape index (κ2) is 9.13. The second-order valence-electron chi connectivity index (χ2n) is 6.88. The zero-order valence-electron chi connectivity index (χ0n) is 16.6. The molecule has 0 atom stereocenters. The lowest BCUT2D eigenvalue weighted by Crippen LogP contribution is -2.44. The molecular formula is C24H20N2O5. The number of hydrogen-bond acceptors (Lipinski definition) is 5. The maximum absolute atomic E-state index is 12.5. The average Bonchev–Trinajstić information content (AvgIpc) is 2.81. The fourth-order valence-electron chi connectivity index (χ4n) is 3.23. The summed E-state index contributed by atoms with van der Waals surface area (Å²) in [6, 6.07) is 24.2. The number of nitrogens with one attached hydrogen (secondary N) is 1. The molecule has 1 aliphatic heterocycles. The van der Waals surface area contributed by atoms with Gasteiger partial charge in [-0.1, -0.05) is 54.6 Å². The molecule has 0 unspecified atom stereocenters. The molecule has 31 heavy (non-hydrogen) atoms. The maximum atomic E-state index is 12.5. The quantitative estimate of drug-likeness (QED) is 0.624. The number of nitrogens with zero attached hydrogens (tertiary/aromatic N) is 1. The molecule has 0 radical (unpaired) electrons. The standard InChI is InChI=1S/C24H20N2O5/c27-22-14-26(21-9-5-4-8-20(21)25-22)23(28)15-31-24(29)16-30-19-12-10-18(11-13-19)17-6-2-1-3-7-17/h1-13H,14-16H2,(H,25,27). The van der Waals surface area contributed by atoms with E-state index in [9.17, 15) is 14.4 Å². The summed E-state index contributed by atoms with van der Waals surface area (Å²) in [5.74, 6) is -0.941. The molecule has 1 N–H and O–H groups in total. The normalized spacial score (nSPS) is 12.5. The number of para-hydroxylation sites is 2. The minimum absolute atomic E-state index is 0.127. The van der Waals surface area contributed by atoms with Gasteiger partial charge in [0.25, 0.3) is 5.91 Å². The van der Waals surface area contributed by atoms with Gasteiger partial charge in [0.1, 0.15) is 12.3 Å². The van der Waals surface area contributed by atoms with Gasteiger partial charge in [-0.3, -0.25) is 14.5 Å². The highest BCUT2D eigenvalue weighted by Gasteiger charge is 2.27. The first kappa shape index (κ1) is 20.2. The van der Waals surface area contributed by atoms with Gasteiger partial charge in [0.2, 0.25) is 5.91 Å². The van der Waals surface area contributed by atoms with Crippen LogP contribution in [-0.4, -0.2) is 37.5 Å². The first-order chi connectivity index (χ1) is 15.1. The van der Waals surface area contributed by atoms with Crippen LogP contribution in [0.5, 0.6) is 5.75 Å². The van der Waals surface area contributed by atoms with Crippen molar-refractivity contribution in [1.82, 2.24) is 0 Å². The van der Waals surface area contributed by atoms with Gasteiger partial charge in [-0.05, 0) is 35.4 Å². The third-order valence-corrected chi connectivity index (χ3v) is 4.75. The summed E-state index contributed by atoms with van der Waals surface area (Å²) in [5.41, 5.74) is 3.23. The van der Waals surface area contributed by atoms with Gasteiger partial charge in [-0.2, -0.15) is 0 Å². The molecule has 156 valence electrons. The molecule has 0 spiro atoms. The van der Waals surface area contributed by atoms with Gasteiger partial charge in [0, 0.05) is 0 Å². The van der Waals surface area contributed by atoms with Crippen LogP contribution in [0.4, 0.5) is 11.4 Å². The van der Waals surface area contributed by atoms with Gasteiger partial charge in [0.05, 0.1) is 11.4 Å². The molecule has 0 bridgehead atoms. The lowest BCUT2D eigenvalue weighted by molar-refractivity contribution is -0.149. The summed E-state index contributed by atoms with van der Waals surface area (Å²) in [7, 11) is 0. The Morgan fingerprint density at radius 1 is 0.839 bits per heavy atom. The Hall–Kier alpha value is -4.13. The maximum Gasteiger partial charge on any atom is 0.344 e. The van der Waals surface area contributed by atoms with E-state index in [0.717, 1.165) is 11.1 Å². The SMILES string of the molecule is O=C1CN(C(=O)COC(=O)COc2ccc(-c3ccccc3)cc2)c2ccccc2N1. The van der Waals surface area contributed by atoms with Crippen molar-refractivity contribution >= 4 is 29.2 Å². The van der Waals surface area contributed by atoms with Crippen LogP contribution in [0.3, 0.4) is 0 Å². The van der Waals surface area contributed by atoms with E-state index in [-0.39, 0.29) is 19.1 Å². The highest BCUT2D eigenvalue weighted by molar-refractivity contribution is 6.10. The molecule has 4 rings (SSSR count). The molecule has 0 aromatic heterocycles. The summed E-state index contributed by atoms with van der Waals surface area (Å²) in [5, 5.41) is 2.70. The molecular weight excluding hydrogens is 396 g/mol. The number of carbonyl (C=O) groups is 3. The zero-order valence-corrected chi connectivity index (χ0v) is 16.6. The molecule has 0 aliphatic carbocycles. The van der Waals surface area contributed by atoms with Gasteiger partial charge in [0.15, 0.2) is 13.2 Å². The number of hydrogen-bond donors (Lipinski definition) is 1. The van der Waals surface area contributed by atoms with Gasteiger partial charge in [-0.15, -0.1) is 0 Å². The summed E-state index contributed by atoms with van der Waals surface area (Å²) in [6.07, 6.45) is 0. The minimum Gasteiger partial charge on any atom is -0.482 e. The Kier molecular flexibility index (Phi) is 5.93.